The van der Waals surface area contributed by atoms with Crippen LogP contribution >= 0.6 is 0 Å². The quantitative estimate of drug-likeness (QED) is 0.209. The molecule has 8 nitrogen and oxygen atoms in total. The van der Waals surface area contributed by atoms with E-state index in [1.807, 2.05) is 0 Å². The molecule has 0 bridgehead atoms. The maximum absolute atomic E-state index is 5.35. The van der Waals surface area contributed by atoms with Crippen LogP contribution in [0.4, 0.5) is 0 Å². The number of hydrogen-bond donors (Lipinski definition) is 4. The number of aromatic nitrogens is 2. The highest BCUT2D eigenvalue weighted by Gasteiger charge is 2.26. The summed E-state index contributed by atoms with van der Waals surface area (Å²) in [6.07, 6.45) is 10.1. The number of likely N-dealkylation sites (tertiary alicyclic amines) is 2. The summed E-state index contributed by atoms with van der Waals surface area (Å²) in [7, 11) is 3.45. The Balaban J connectivity index is 0.000000142. The average molecular weight is 599 g/mol. The molecule has 2 fully saturated rings. The Hall–Kier alpha value is -3.04. The zero-order valence-electron chi connectivity index (χ0n) is 26.6. The van der Waals surface area contributed by atoms with Crippen molar-refractivity contribution in [3.05, 3.63) is 58.9 Å². The summed E-state index contributed by atoms with van der Waals surface area (Å²) in [4.78, 5) is 12.5. The number of aromatic amines is 2. The van der Waals surface area contributed by atoms with Gasteiger partial charge in [-0.3, -0.25) is 0 Å². The summed E-state index contributed by atoms with van der Waals surface area (Å²) < 4.78 is 10.7. The van der Waals surface area contributed by atoms with Crippen molar-refractivity contribution in [1.82, 2.24) is 30.4 Å². The number of nitrogens with one attached hydrogen (secondary N) is 4. The highest BCUT2D eigenvalue weighted by Crippen LogP contribution is 2.35. The number of H-pyrrole nitrogens is 2. The standard InChI is InChI=1S/2C18H25N3O/c2*1-22-13-4-5-14-15-6-8-19-16(18(15)20-17(14)12-13)7-11-21-9-2-3-10-21/h2*4-5,12,16,19-20H,2-3,6-11H2,1H3/t2*16-/m10/s1. The molecule has 44 heavy (non-hydrogen) atoms. The molecule has 8 heteroatoms. The second-order valence-corrected chi connectivity index (χ2v) is 13.0. The van der Waals surface area contributed by atoms with E-state index in [1.165, 1.54) is 122 Å². The summed E-state index contributed by atoms with van der Waals surface area (Å²) >= 11 is 0. The minimum atomic E-state index is 0.461. The molecule has 4 aliphatic rings. The summed E-state index contributed by atoms with van der Waals surface area (Å²) in [5.41, 5.74) is 8.21. The lowest BCUT2D eigenvalue weighted by Crippen LogP contribution is -2.33. The molecule has 4 aromatic rings. The van der Waals surface area contributed by atoms with Gasteiger partial charge in [-0.05, 0) is 139 Å². The highest BCUT2D eigenvalue weighted by molar-refractivity contribution is 5.87. The predicted octanol–water partition coefficient (Wildman–Crippen LogP) is 5.70. The third-order valence-corrected chi connectivity index (χ3v) is 10.4. The lowest BCUT2D eigenvalue weighted by molar-refractivity contribution is 0.305. The van der Waals surface area contributed by atoms with Crippen LogP contribution in [0.25, 0.3) is 21.8 Å². The van der Waals surface area contributed by atoms with Crippen molar-refractivity contribution in [2.24, 2.45) is 0 Å². The number of nitrogens with zero attached hydrogens (tertiary/aromatic N) is 2. The fourth-order valence-corrected chi connectivity index (χ4v) is 7.97. The zero-order valence-corrected chi connectivity index (χ0v) is 26.6. The van der Waals surface area contributed by atoms with Crippen molar-refractivity contribution in [3.63, 3.8) is 0 Å². The fraction of sp³-hybridized carbons (Fsp3) is 0.556. The first-order chi connectivity index (χ1) is 21.7. The van der Waals surface area contributed by atoms with Crippen LogP contribution in [0, 0.1) is 0 Å². The number of methoxy groups -OCH3 is 2. The van der Waals surface area contributed by atoms with Gasteiger partial charge in [-0.15, -0.1) is 0 Å². The van der Waals surface area contributed by atoms with Gasteiger partial charge in [0.15, 0.2) is 0 Å². The first-order valence-corrected chi connectivity index (χ1v) is 17.0. The smallest absolute Gasteiger partial charge is 0.120 e. The van der Waals surface area contributed by atoms with E-state index in [-0.39, 0.29) is 0 Å². The molecule has 0 aliphatic carbocycles. The van der Waals surface area contributed by atoms with E-state index in [0.717, 1.165) is 37.4 Å². The number of fused-ring (bicyclic) bond motifs is 6. The van der Waals surface area contributed by atoms with E-state index < -0.39 is 0 Å². The lowest BCUT2D eigenvalue weighted by Gasteiger charge is -2.26. The molecule has 0 saturated carbocycles. The van der Waals surface area contributed by atoms with Crippen LogP contribution in [0.15, 0.2) is 36.4 Å². The van der Waals surface area contributed by atoms with Gasteiger partial charge in [0.25, 0.3) is 0 Å². The minimum Gasteiger partial charge on any atom is -0.497 e. The van der Waals surface area contributed by atoms with Gasteiger partial charge in [0.1, 0.15) is 11.5 Å². The van der Waals surface area contributed by atoms with E-state index in [9.17, 15) is 0 Å². The number of rotatable bonds is 8. The molecule has 4 N–H and O–H groups in total. The molecule has 2 atom stereocenters. The Morgan fingerprint density at radius 1 is 0.636 bits per heavy atom. The Bertz CT molecular complexity index is 1430. The van der Waals surface area contributed by atoms with Gasteiger partial charge in [0.2, 0.25) is 0 Å². The summed E-state index contributed by atoms with van der Waals surface area (Å²) in [5, 5.41) is 10.1. The van der Waals surface area contributed by atoms with Gasteiger partial charge in [0, 0.05) is 57.4 Å². The number of hydrogen-bond acceptors (Lipinski definition) is 6. The maximum Gasteiger partial charge on any atom is 0.120 e. The van der Waals surface area contributed by atoms with Crippen LogP contribution < -0.4 is 20.1 Å². The van der Waals surface area contributed by atoms with E-state index in [1.54, 1.807) is 14.2 Å². The molecule has 2 saturated heterocycles. The van der Waals surface area contributed by atoms with Gasteiger partial charge in [0.05, 0.1) is 14.2 Å². The van der Waals surface area contributed by atoms with Crippen LogP contribution in [0.3, 0.4) is 0 Å². The Morgan fingerprint density at radius 3 is 1.48 bits per heavy atom. The summed E-state index contributed by atoms with van der Waals surface area (Å²) in [6.45, 7) is 9.69. The zero-order chi connectivity index (χ0) is 29.9. The largest absolute Gasteiger partial charge is 0.497 e. The summed E-state index contributed by atoms with van der Waals surface area (Å²) in [6, 6.07) is 13.7. The van der Waals surface area contributed by atoms with Gasteiger partial charge < -0.3 is 39.9 Å². The monoisotopic (exact) mass is 598 g/mol. The third kappa shape index (κ3) is 6.23. The Labute approximate surface area is 261 Å². The molecular formula is C36H50N6O2. The van der Waals surface area contributed by atoms with Crippen molar-refractivity contribution in [1.29, 1.82) is 0 Å². The molecule has 2 aromatic heterocycles. The van der Waals surface area contributed by atoms with Gasteiger partial charge in [-0.25, -0.2) is 0 Å². The summed E-state index contributed by atoms with van der Waals surface area (Å²) in [5.74, 6) is 1.85. The number of benzene rings is 2. The minimum absolute atomic E-state index is 0.461. The molecule has 0 radical (unpaired) electrons. The second kappa shape index (κ2) is 13.5. The van der Waals surface area contributed by atoms with E-state index >= 15 is 0 Å². The van der Waals surface area contributed by atoms with Crippen LogP contribution in [-0.2, 0) is 12.8 Å². The van der Waals surface area contributed by atoms with E-state index in [4.69, 9.17) is 9.47 Å². The third-order valence-electron chi connectivity index (χ3n) is 10.4. The molecule has 4 aliphatic heterocycles. The number of ether oxygens (including phenoxy) is 2. The average Bonchev–Trinajstić information content (AvgIpc) is 3.89. The van der Waals surface area contributed by atoms with Crippen LogP contribution in [-0.4, -0.2) is 86.3 Å². The van der Waals surface area contributed by atoms with Gasteiger partial charge in [-0.2, -0.15) is 0 Å². The SMILES string of the molecule is COc1ccc2c3c([nH]c2c1)[C@@H](CCN1CCCC1)NCC3.COc1ccc2c3c([nH]c2c1)[C@H](CCN1CCCC1)NCC3. The molecular weight excluding hydrogens is 548 g/mol. The first-order valence-electron chi connectivity index (χ1n) is 17.0. The Morgan fingerprint density at radius 2 is 1.07 bits per heavy atom. The molecule has 8 rings (SSSR count). The first kappa shape index (κ1) is 29.7. The van der Waals surface area contributed by atoms with Crippen LogP contribution in [0.1, 0.15) is 73.1 Å². The fourth-order valence-electron chi connectivity index (χ4n) is 7.97. The van der Waals surface area contributed by atoms with Crippen molar-refractivity contribution in [2.45, 2.75) is 63.5 Å². The van der Waals surface area contributed by atoms with Crippen LogP contribution in [0.2, 0.25) is 0 Å². The van der Waals surface area contributed by atoms with Gasteiger partial charge in [-0.1, -0.05) is 0 Å². The van der Waals surface area contributed by atoms with Crippen LogP contribution in [0.5, 0.6) is 11.5 Å². The topological polar surface area (TPSA) is 80.6 Å². The predicted molar refractivity (Wildman–Crippen MR) is 179 cm³/mol. The second-order valence-electron chi connectivity index (χ2n) is 13.0. The highest BCUT2D eigenvalue weighted by atomic mass is 16.5. The normalized spacial score (nSPS) is 22.1. The molecule has 6 heterocycles. The maximum atomic E-state index is 5.35. The van der Waals surface area contributed by atoms with E-state index in [2.05, 4.69) is 66.8 Å². The van der Waals surface area contributed by atoms with Crippen molar-refractivity contribution >= 4 is 21.8 Å². The molecule has 236 valence electrons. The van der Waals surface area contributed by atoms with Crippen molar-refractivity contribution in [2.75, 3.05) is 66.6 Å². The molecule has 0 unspecified atom stereocenters. The van der Waals surface area contributed by atoms with E-state index in [0.29, 0.717) is 12.1 Å². The van der Waals surface area contributed by atoms with Gasteiger partial charge >= 0.3 is 0 Å². The molecule has 2 aromatic carbocycles. The van der Waals surface area contributed by atoms with Crippen molar-refractivity contribution < 1.29 is 9.47 Å². The van der Waals surface area contributed by atoms with Crippen molar-refractivity contribution in [3.8, 4) is 11.5 Å². The molecule has 0 spiro atoms. The molecule has 0 amide bonds. The lowest BCUT2D eigenvalue weighted by atomic mass is 9.97. The Kier molecular flexibility index (Phi) is 9.12.